The van der Waals surface area contributed by atoms with E-state index in [9.17, 15) is 12.8 Å². The van der Waals surface area contributed by atoms with Crippen molar-refractivity contribution >= 4 is 9.84 Å². The summed E-state index contributed by atoms with van der Waals surface area (Å²) in [6.07, 6.45) is 1.55. The van der Waals surface area contributed by atoms with Crippen LogP contribution in [0.3, 0.4) is 0 Å². The van der Waals surface area contributed by atoms with Gasteiger partial charge in [0.1, 0.15) is 5.82 Å². The summed E-state index contributed by atoms with van der Waals surface area (Å²) in [6, 6.07) is 4.83. The van der Waals surface area contributed by atoms with Crippen LogP contribution in [-0.4, -0.2) is 30.1 Å². The number of aryl methyl sites for hydroxylation is 1. The number of sulfone groups is 1. The first-order valence-corrected chi connectivity index (χ1v) is 8.99. The highest BCUT2D eigenvalue weighted by atomic mass is 32.2. The van der Waals surface area contributed by atoms with E-state index in [1.807, 2.05) is 0 Å². The van der Waals surface area contributed by atoms with Crippen LogP contribution in [0.4, 0.5) is 4.39 Å². The molecule has 2 heterocycles. The monoisotopic (exact) mass is 322 g/mol. The molecule has 1 aliphatic heterocycles. The van der Waals surface area contributed by atoms with Crippen LogP contribution in [0.5, 0.6) is 0 Å². The maximum Gasteiger partial charge on any atom is 0.230 e. The molecule has 5 nitrogen and oxygen atoms in total. The van der Waals surface area contributed by atoms with Crippen LogP contribution < -0.4 is 0 Å². The zero-order valence-corrected chi connectivity index (χ0v) is 12.9. The summed E-state index contributed by atoms with van der Waals surface area (Å²) in [7, 11) is -2.81. The maximum atomic E-state index is 13.6. The van der Waals surface area contributed by atoms with Crippen molar-refractivity contribution in [3.05, 3.63) is 35.5 Å². The average molecular weight is 322 g/mol. The summed E-state index contributed by atoms with van der Waals surface area (Å²) < 4.78 is 41.5. The van der Waals surface area contributed by atoms with Gasteiger partial charge in [0.2, 0.25) is 11.7 Å². The molecule has 4 rings (SSSR count). The van der Waals surface area contributed by atoms with Gasteiger partial charge in [0.15, 0.2) is 9.84 Å². The topological polar surface area (TPSA) is 73.1 Å². The van der Waals surface area contributed by atoms with Gasteiger partial charge < -0.3 is 4.52 Å². The molecular formula is C15H15FN2O3S. The lowest BCUT2D eigenvalue weighted by atomic mass is 9.63. The van der Waals surface area contributed by atoms with Crippen molar-refractivity contribution in [1.29, 1.82) is 0 Å². The fourth-order valence-electron chi connectivity index (χ4n) is 3.54. The van der Waals surface area contributed by atoms with E-state index in [1.165, 1.54) is 6.07 Å². The number of hydrogen-bond acceptors (Lipinski definition) is 5. The third-order valence-electron chi connectivity index (χ3n) is 4.63. The molecule has 1 saturated heterocycles. The average Bonchev–Trinajstić information content (AvgIpc) is 2.85. The molecule has 0 unspecified atom stereocenters. The first-order valence-electron chi connectivity index (χ1n) is 7.16. The van der Waals surface area contributed by atoms with Gasteiger partial charge in [-0.05, 0) is 36.8 Å². The van der Waals surface area contributed by atoms with Gasteiger partial charge in [-0.25, -0.2) is 12.8 Å². The van der Waals surface area contributed by atoms with Crippen molar-refractivity contribution in [2.75, 3.05) is 11.5 Å². The van der Waals surface area contributed by atoms with Crippen molar-refractivity contribution in [3.63, 3.8) is 0 Å². The van der Waals surface area contributed by atoms with Gasteiger partial charge >= 0.3 is 0 Å². The molecule has 0 N–H and O–H groups in total. The fraction of sp³-hybridized carbons (Fsp3) is 0.467. The normalized spacial score (nSPS) is 22.3. The van der Waals surface area contributed by atoms with Crippen LogP contribution in [0.15, 0.2) is 22.7 Å². The number of halogens is 1. The summed E-state index contributed by atoms with van der Waals surface area (Å²) in [5.41, 5.74) is 1.09. The van der Waals surface area contributed by atoms with Crippen molar-refractivity contribution in [2.45, 2.75) is 25.7 Å². The number of benzene rings is 1. The third kappa shape index (κ3) is 2.15. The van der Waals surface area contributed by atoms with E-state index >= 15 is 0 Å². The molecule has 1 saturated carbocycles. The molecule has 1 aliphatic carbocycles. The summed E-state index contributed by atoms with van der Waals surface area (Å²) in [5.74, 6) is 1.27. The Labute approximate surface area is 127 Å². The van der Waals surface area contributed by atoms with Crippen LogP contribution in [-0.2, 0) is 9.84 Å². The first-order chi connectivity index (χ1) is 10.4. The molecule has 22 heavy (non-hydrogen) atoms. The minimum absolute atomic E-state index is 0.0614. The Bertz CT molecular complexity index is 839. The molecular weight excluding hydrogens is 307 g/mol. The van der Waals surface area contributed by atoms with Crippen LogP contribution in [0, 0.1) is 18.2 Å². The second-order valence-electron chi connectivity index (χ2n) is 6.56. The molecule has 1 spiro atoms. The molecule has 7 heteroatoms. The minimum Gasteiger partial charge on any atom is -0.339 e. The molecule has 0 radical (unpaired) electrons. The molecule has 0 amide bonds. The van der Waals surface area contributed by atoms with Crippen LogP contribution in [0.1, 0.15) is 30.2 Å². The van der Waals surface area contributed by atoms with E-state index < -0.39 is 9.84 Å². The smallest absolute Gasteiger partial charge is 0.230 e. The standard InChI is InChI=1S/C15H15FN2O3S/c1-9-2-3-10(4-12(9)16)13-17-14(21-18-13)11-5-15(6-11)7-22(19,20)8-15/h2-4,11H,5-8H2,1H3. The third-order valence-corrected chi connectivity index (χ3v) is 6.74. The minimum atomic E-state index is -2.81. The Balaban J connectivity index is 1.50. The number of nitrogens with zero attached hydrogens (tertiary/aromatic N) is 2. The van der Waals surface area contributed by atoms with Gasteiger partial charge in [0, 0.05) is 11.5 Å². The molecule has 1 aromatic heterocycles. The Kier molecular flexibility index (Phi) is 2.76. The number of rotatable bonds is 2. The van der Waals surface area contributed by atoms with Crippen LogP contribution in [0.25, 0.3) is 11.4 Å². The van der Waals surface area contributed by atoms with E-state index in [1.54, 1.807) is 19.1 Å². The van der Waals surface area contributed by atoms with E-state index in [-0.39, 0.29) is 28.7 Å². The number of hydrogen-bond donors (Lipinski definition) is 0. The van der Waals surface area contributed by atoms with Crippen molar-refractivity contribution < 1.29 is 17.3 Å². The van der Waals surface area contributed by atoms with Gasteiger partial charge in [-0.3, -0.25) is 0 Å². The van der Waals surface area contributed by atoms with Gasteiger partial charge in [-0.15, -0.1) is 0 Å². The van der Waals surface area contributed by atoms with Crippen molar-refractivity contribution in [2.24, 2.45) is 5.41 Å². The largest absolute Gasteiger partial charge is 0.339 e. The lowest BCUT2D eigenvalue weighted by molar-refractivity contribution is 0.114. The van der Waals surface area contributed by atoms with Gasteiger partial charge in [-0.1, -0.05) is 17.3 Å². The molecule has 2 fully saturated rings. The van der Waals surface area contributed by atoms with E-state index in [2.05, 4.69) is 10.1 Å². The molecule has 0 bridgehead atoms. The predicted molar refractivity (Wildman–Crippen MR) is 77.5 cm³/mol. The van der Waals surface area contributed by atoms with Crippen molar-refractivity contribution in [1.82, 2.24) is 10.1 Å². The summed E-state index contributed by atoms with van der Waals surface area (Å²) in [5, 5.41) is 3.91. The van der Waals surface area contributed by atoms with Gasteiger partial charge in [-0.2, -0.15) is 4.98 Å². The molecule has 116 valence electrons. The van der Waals surface area contributed by atoms with E-state index in [0.29, 0.717) is 22.8 Å². The summed E-state index contributed by atoms with van der Waals surface area (Å²) in [4.78, 5) is 4.34. The summed E-state index contributed by atoms with van der Waals surface area (Å²) >= 11 is 0. The SMILES string of the molecule is Cc1ccc(-c2noc(C3CC4(C3)CS(=O)(=O)C4)n2)cc1F. The van der Waals surface area contributed by atoms with E-state index in [4.69, 9.17) is 4.52 Å². The zero-order chi connectivity index (χ0) is 15.5. The lowest BCUT2D eigenvalue weighted by Crippen LogP contribution is -2.55. The Morgan fingerprint density at radius 1 is 1.32 bits per heavy atom. The highest BCUT2D eigenvalue weighted by Crippen LogP contribution is 2.56. The molecule has 2 aromatic rings. The zero-order valence-electron chi connectivity index (χ0n) is 12.0. The Morgan fingerprint density at radius 2 is 2.05 bits per heavy atom. The quantitative estimate of drug-likeness (QED) is 0.849. The Morgan fingerprint density at radius 3 is 2.68 bits per heavy atom. The highest BCUT2D eigenvalue weighted by molar-refractivity contribution is 7.92. The lowest BCUT2D eigenvalue weighted by Gasteiger charge is -2.51. The summed E-state index contributed by atoms with van der Waals surface area (Å²) in [6.45, 7) is 1.70. The second kappa shape index (κ2) is 4.38. The number of aromatic nitrogens is 2. The van der Waals surface area contributed by atoms with Gasteiger partial charge in [0.25, 0.3) is 0 Å². The molecule has 2 aliphatic rings. The highest BCUT2D eigenvalue weighted by Gasteiger charge is 2.57. The fourth-order valence-corrected chi connectivity index (χ4v) is 5.79. The molecule has 1 aromatic carbocycles. The van der Waals surface area contributed by atoms with Crippen LogP contribution in [0.2, 0.25) is 0 Å². The van der Waals surface area contributed by atoms with Crippen LogP contribution >= 0.6 is 0 Å². The predicted octanol–water partition coefficient (Wildman–Crippen LogP) is 2.48. The Hall–Kier alpha value is -1.76. The first kappa shape index (κ1) is 13.9. The molecule has 0 atom stereocenters. The maximum absolute atomic E-state index is 13.6. The van der Waals surface area contributed by atoms with Gasteiger partial charge in [0.05, 0.1) is 11.5 Å². The van der Waals surface area contributed by atoms with E-state index in [0.717, 1.165) is 12.8 Å². The second-order valence-corrected chi connectivity index (χ2v) is 8.62. The van der Waals surface area contributed by atoms with Crippen molar-refractivity contribution in [3.8, 4) is 11.4 Å².